The SMILES string of the molecule is CC(=O)N1CCC(C(=O)N[C@@H](CC(N)=O)C(=O)O)CC1. The summed E-state index contributed by atoms with van der Waals surface area (Å²) in [6, 6.07) is -1.30. The highest BCUT2D eigenvalue weighted by Gasteiger charge is 2.29. The Morgan fingerprint density at radius 3 is 2.25 bits per heavy atom. The van der Waals surface area contributed by atoms with E-state index in [4.69, 9.17) is 10.8 Å². The summed E-state index contributed by atoms with van der Waals surface area (Å²) < 4.78 is 0. The molecule has 0 spiro atoms. The quantitative estimate of drug-likeness (QED) is 0.577. The number of hydrogen-bond donors (Lipinski definition) is 3. The van der Waals surface area contributed by atoms with Crippen molar-refractivity contribution in [3.05, 3.63) is 0 Å². The summed E-state index contributed by atoms with van der Waals surface area (Å²) in [5.74, 6) is -2.88. The number of piperidine rings is 1. The molecule has 20 heavy (non-hydrogen) atoms. The largest absolute Gasteiger partial charge is 0.480 e. The fraction of sp³-hybridized carbons (Fsp3) is 0.667. The summed E-state index contributed by atoms with van der Waals surface area (Å²) in [5, 5.41) is 11.2. The average Bonchev–Trinajstić information content (AvgIpc) is 2.37. The standard InChI is InChI=1S/C12H19N3O5/c1-7(16)15-4-2-8(3-5-15)11(18)14-9(12(19)20)6-10(13)17/h8-9H,2-6H2,1H3,(H2,13,17)(H,14,18)(H,19,20)/t9-/m0/s1. The number of primary amides is 1. The van der Waals surface area contributed by atoms with Gasteiger partial charge in [-0.2, -0.15) is 0 Å². The lowest BCUT2D eigenvalue weighted by Gasteiger charge is -2.31. The maximum absolute atomic E-state index is 11.9. The van der Waals surface area contributed by atoms with Crippen LogP contribution in [-0.4, -0.2) is 52.8 Å². The van der Waals surface area contributed by atoms with Crippen LogP contribution in [0.4, 0.5) is 0 Å². The number of rotatable bonds is 5. The lowest BCUT2D eigenvalue weighted by molar-refractivity contribution is -0.144. The maximum Gasteiger partial charge on any atom is 0.326 e. The van der Waals surface area contributed by atoms with Crippen LogP contribution in [-0.2, 0) is 19.2 Å². The van der Waals surface area contributed by atoms with Gasteiger partial charge in [0.2, 0.25) is 17.7 Å². The van der Waals surface area contributed by atoms with Gasteiger partial charge in [0.25, 0.3) is 0 Å². The molecule has 1 saturated heterocycles. The van der Waals surface area contributed by atoms with Crippen LogP contribution in [0.5, 0.6) is 0 Å². The van der Waals surface area contributed by atoms with Crippen LogP contribution in [0.15, 0.2) is 0 Å². The fourth-order valence-corrected chi connectivity index (χ4v) is 2.15. The summed E-state index contributed by atoms with van der Waals surface area (Å²) in [7, 11) is 0. The van der Waals surface area contributed by atoms with Crippen LogP contribution in [0.3, 0.4) is 0 Å². The van der Waals surface area contributed by atoms with Gasteiger partial charge < -0.3 is 21.1 Å². The monoisotopic (exact) mass is 285 g/mol. The van der Waals surface area contributed by atoms with Crippen LogP contribution in [0.25, 0.3) is 0 Å². The lowest BCUT2D eigenvalue weighted by atomic mass is 9.95. The molecule has 1 fully saturated rings. The molecule has 8 heteroatoms. The number of aliphatic carboxylic acids is 1. The first-order valence-electron chi connectivity index (χ1n) is 6.38. The van der Waals surface area contributed by atoms with E-state index in [1.165, 1.54) is 6.92 Å². The van der Waals surface area contributed by atoms with Gasteiger partial charge in [-0.15, -0.1) is 0 Å². The zero-order chi connectivity index (χ0) is 15.3. The molecule has 0 aliphatic carbocycles. The van der Waals surface area contributed by atoms with E-state index in [1.807, 2.05) is 0 Å². The minimum Gasteiger partial charge on any atom is -0.480 e. The number of carboxylic acid groups (broad SMARTS) is 1. The second-order valence-electron chi connectivity index (χ2n) is 4.85. The smallest absolute Gasteiger partial charge is 0.326 e. The van der Waals surface area contributed by atoms with Gasteiger partial charge in [0.15, 0.2) is 0 Å². The minimum atomic E-state index is -1.30. The van der Waals surface area contributed by atoms with Crippen molar-refractivity contribution in [2.75, 3.05) is 13.1 Å². The van der Waals surface area contributed by atoms with Crippen LogP contribution in [0.1, 0.15) is 26.2 Å². The number of amides is 3. The molecule has 3 amide bonds. The number of hydrogen-bond acceptors (Lipinski definition) is 4. The van der Waals surface area contributed by atoms with Crippen molar-refractivity contribution < 1.29 is 24.3 Å². The molecular formula is C12H19N3O5. The van der Waals surface area contributed by atoms with Gasteiger partial charge in [-0.05, 0) is 12.8 Å². The van der Waals surface area contributed by atoms with Crippen LogP contribution < -0.4 is 11.1 Å². The second kappa shape index (κ2) is 6.88. The van der Waals surface area contributed by atoms with E-state index in [0.29, 0.717) is 25.9 Å². The highest BCUT2D eigenvalue weighted by atomic mass is 16.4. The van der Waals surface area contributed by atoms with Gasteiger partial charge in [0, 0.05) is 25.9 Å². The van der Waals surface area contributed by atoms with Gasteiger partial charge in [0.1, 0.15) is 6.04 Å². The Labute approximate surface area is 116 Å². The predicted octanol–water partition coefficient (Wildman–Crippen LogP) is -1.31. The predicted molar refractivity (Wildman–Crippen MR) is 68.4 cm³/mol. The van der Waals surface area contributed by atoms with Crippen molar-refractivity contribution in [2.45, 2.75) is 32.2 Å². The number of nitrogens with one attached hydrogen (secondary N) is 1. The number of likely N-dealkylation sites (tertiary alicyclic amines) is 1. The van der Waals surface area contributed by atoms with Crippen LogP contribution in [0.2, 0.25) is 0 Å². The molecule has 0 unspecified atom stereocenters. The third-order valence-corrected chi connectivity index (χ3v) is 3.33. The van der Waals surface area contributed by atoms with Crippen molar-refractivity contribution in [2.24, 2.45) is 11.7 Å². The summed E-state index contributed by atoms with van der Waals surface area (Å²) in [6.45, 7) is 2.41. The summed E-state index contributed by atoms with van der Waals surface area (Å²) >= 11 is 0. The molecule has 112 valence electrons. The van der Waals surface area contributed by atoms with Crippen LogP contribution in [0, 0.1) is 5.92 Å². The minimum absolute atomic E-state index is 0.0407. The van der Waals surface area contributed by atoms with Crippen molar-refractivity contribution in [1.29, 1.82) is 0 Å². The molecule has 1 atom stereocenters. The molecular weight excluding hydrogens is 266 g/mol. The Kier molecular flexibility index (Phi) is 5.48. The number of carbonyl (C=O) groups is 4. The summed E-state index contributed by atoms with van der Waals surface area (Å²) in [4.78, 5) is 46.4. The number of carboxylic acids is 1. The third kappa shape index (κ3) is 4.52. The van der Waals surface area contributed by atoms with Gasteiger partial charge in [-0.3, -0.25) is 14.4 Å². The zero-order valence-corrected chi connectivity index (χ0v) is 11.3. The van der Waals surface area contributed by atoms with Crippen molar-refractivity contribution in [1.82, 2.24) is 10.2 Å². The number of nitrogens with zero attached hydrogens (tertiary/aromatic N) is 1. The Bertz CT molecular complexity index is 415. The van der Waals surface area contributed by atoms with Crippen molar-refractivity contribution >= 4 is 23.7 Å². The van der Waals surface area contributed by atoms with Crippen molar-refractivity contribution in [3.8, 4) is 0 Å². The van der Waals surface area contributed by atoms with Gasteiger partial charge >= 0.3 is 5.97 Å². The van der Waals surface area contributed by atoms with Crippen LogP contribution >= 0.6 is 0 Å². The van der Waals surface area contributed by atoms with Crippen molar-refractivity contribution in [3.63, 3.8) is 0 Å². The Balaban J connectivity index is 2.52. The lowest BCUT2D eigenvalue weighted by Crippen LogP contribution is -2.48. The molecule has 1 aliphatic heterocycles. The molecule has 0 bridgehead atoms. The van der Waals surface area contributed by atoms with E-state index in [2.05, 4.69) is 5.32 Å². The molecule has 0 aromatic rings. The van der Waals surface area contributed by atoms with E-state index >= 15 is 0 Å². The topological polar surface area (TPSA) is 130 Å². The first-order valence-corrected chi connectivity index (χ1v) is 6.38. The maximum atomic E-state index is 11.9. The summed E-state index contributed by atoms with van der Waals surface area (Å²) in [6.07, 6.45) is 0.524. The molecule has 1 aliphatic rings. The summed E-state index contributed by atoms with van der Waals surface area (Å²) in [5.41, 5.74) is 4.94. The molecule has 0 aromatic heterocycles. The van der Waals surface area contributed by atoms with Gasteiger partial charge in [-0.25, -0.2) is 4.79 Å². The molecule has 8 nitrogen and oxygen atoms in total. The Hall–Kier alpha value is -2.12. The molecule has 0 radical (unpaired) electrons. The van der Waals surface area contributed by atoms with E-state index in [0.717, 1.165) is 0 Å². The number of carbonyl (C=O) groups excluding carboxylic acids is 3. The molecule has 0 saturated carbocycles. The third-order valence-electron chi connectivity index (χ3n) is 3.33. The van der Waals surface area contributed by atoms with E-state index < -0.39 is 30.2 Å². The Morgan fingerprint density at radius 2 is 1.85 bits per heavy atom. The zero-order valence-electron chi connectivity index (χ0n) is 11.3. The number of nitrogens with two attached hydrogens (primary N) is 1. The first-order chi connectivity index (χ1) is 9.31. The first kappa shape index (κ1) is 15.9. The highest BCUT2D eigenvalue weighted by molar-refractivity contribution is 5.89. The molecule has 1 rings (SSSR count). The van der Waals surface area contributed by atoms with E-state index in [1.54, 1.807) is 4.90 Å². The molecule has 4 N–H and O–H groups in total. The van der Waals surface area contributed by atoms with Gasteiger partial charge in [0.05, 0.1) is 6.42 Å². The second-order valence-corrected chi connectivity index (χ2v) is 4.85. The highest BCUT2D eigenvalue weighted by Crippen LogP contribution is 2.17. The van der Waals surface area contributed by atoms with Gasteiger partial charge in [-0.1, -0.05) is 0 Å². The average molecular weight is 285 g/mol. The Morgan fingerprint density at radius 1 is 1.30 bits per heavy atom. The molecule has 1 heterocycles. The van der Waals surface area contributed by atoms with E-state index in [9.17, 15) is 19.2 Å². The fourth-order valence-electron chi connectivity index (χ4n) is 2.15. The normalized spacial score (nSPS) is 17.4. The van der Waals surface area contributed by atoms with E-state index in [-0.39, 0.29) is 11.8 Å². The molecule has 0 aromatic carbocycles.